The number of aromatic nitrogens is 4. The van der Waals surface area contributed by atoms with Gasteiger partial charge in [0.15, 0.2) is 0 Å². The SMILES string of the molecule is O=C(Cn1ncccc1=O)N1CCN(c2cc(-c3ccccc3)ncn2)CC1. The standard InChI is InChI=1S/C20H20N6O2/c27-19-7-4-8-23-26(19)14-20(28)25-11-9-24(10-12-25)18-13-17(21-15-22-18)16-5-2-1-3-6-16/h1-8,13,15H,9-12,14H2. The molecular weight excluding hydrogens is 356 g/mol. The van der Waals surface area contributed by atoms with E-state index >= 15 is 0 Å². The van der Waals surface area contributed by atoms with Gasteiger partial charge in [-0.05, 0) is 6.07 Å². The summed E-state index contributed by atoms with van der Waals surface area (Å²) in [6.45, 7) is 2.46. The van der Waals surface area contributed by atoms with Gasteiger partial charge < -0.3 is 9.80 Å². The van der Waals surface area contributed by atoms with Crippen LogP contribution < -0.4 is 10.5 Å². The smallest absolute Gasteiger partial charge is 0.267 e. The average molecular weight is 376 g/mol. The van der Waals surface area contributed by atoms with Gasteiger partial charge in [0.2, 0.25) is 5.91 Å². The molecule has 0 radical (unpaired) electrons. The highest BCUT2D eigenvalue weighted by molar-refractivity contribution is 5.76. The number of amides is 1. The van der Waals surface area contributed by atoms with Crippen LogP contribution in [0.1, 0.15) is 0 Å². The number of carbonyl (C=O) groups is 1. The minimum absolute atomic E-state index is 0.0364. The first-order valence-corrected chi connectivity index (χ1v) is 9.13. The summed E-state index contributed by atoms with van der Waals surface area (Å²) in [5.41, 5.74) is 1.64. The van der Waals surface area contributed by atoms with E-state index < -0.39 is 0 Å². The highest BCUT2D eigenvalue weighted by atomic mass is 16.2. The van der Waals surface area contributed by atoms with Gasteiger partial charge in [0.25, 0.3) is 5.56 Å². The van der Waals surface area contributed by atoms with Gasteiger partial charge >= 0.3 is 0 Å². The maximum absolute atomic E-state index is 12.5. The Labute approximate surface area is 162 Å². The molecule has 28 heavy (non-hydrogen) atoms. The third kappa shape index (κ3) is 3.90. The van der Waals surface area contributed by atoms with Crippen LogP contribution in [0.4, 0.5) is 5.82 Å². The molecule has 8 nitrogen and oxygen atoms in total. The topological polar surface area (TPSA) is 84.2 Å². The zero-order chi connectivity index (χ0) is 19.3. The molecular formula is C20H20N6O2. The molecule has 0 N–H and O–H groups in total. The lowest BCUT2D eigenvalue weighted by molar-refractivity contribution is -0.132. The minimum atomic E-state index is -0.274. The summed E-state index contributed by atoms with van der Waals surface area (Å²) in [6, 6.07) is 14.9. The Morgan fingerprint density at radius 1 is 0.964 bits per heavy atom. The van der Waals surface area contributed by atoms with Gasteiger partial charge in [-0.3, -0.25) is 9.59 Å². The second kappa shape index (κ2) is 7.99. The van der Waals surface area contributed by atoms with Crippen LogP contribution >= 0.6 is 0 Å². The number of benzene rings is 1. The predicted octanol–water partition coefficient (Wildman–Crippen LogP) is 1.05. The fourth-order valence-electron chi connectivity index (χ4n) is 3.21. The van der Waals surface area contributed by atoms with Crippen molar-refractivity contribution in [2.75, 3.05) is 31.1 Å². The van der Waals surface area contributed by atoms with Gasteiger partial charge in [-0.2, -0.15) is 5.10 Å². The molecule has 0 spiro atoms. The molecule has 1 saturated heterocycles. The van der Waals surface area contributed by atoms with Crippen molar-refractivity contribution < 1.29 is 4.79 Å². The third-order valence-electron chi connectivity index (χ3n) is 4.75. The lowest BCUT2D eigenvalue weighted by Crippen LogP contribution is -2.50. The van der Waals surface area contributed by atoms with Crippen molar-refractivity contribution in [1.29, 1.82) is 0 Å². The molecule has 1 aliphatic heterocycles. The molecule has 1 amide bonds. The maximum atomic E-state index is 12.5. The number of rotatable bonds is 4. The van der Waals surface area contributed by atoms with Gasteiger partial charge in [-0.15, -0.1) is 0 Å². The van der Waals surface area contributed by atoms with Crippen molar-refractivity contribution in [2.45, 2.75) is 6.54 Å². The summed E-state index contributed by atoms with van der Waals surface area (Å²) in [7, 11) is 0. The van der Waals surface area contributed by atoms with Gasteiger partial charge in [0, 0.05) is 50.1 Å². The Morgan fingerprint density at radius 2 is 1.75 bits per heavy atom. The van der Waals surface area contributed by atoms with Crippen molar-refractivity contribution >= 4 is 11.7 Å². The first kappa shape index (κ1) is 17.8. The average Bonchev–Trinajstić information content (AvgIpc) is 2.76. The van der Waals surface area contributed by atoms with Crippen LogP contribution in [0.2, 0.25) is 0 Å². The zero-order valence-corrected chi connectivity index (χ0v) is 15.3. The lowest BCUT2D eigenvalue weighted by Gasteiger charge is -2.35. The molecule has 0 atom stereocenters. The highest BCUT2D eigenvalue weighted by Crippen LogP contribution is 2.21. The monoisotopic (exact) mass is 376 g/mol. The first-order chi connectivity index (χ1) is 13.7. The quantitative estimate of drug-likeness (QED) is 0.677. The van der Waals surface area contributed by atoms with E-state index in [1.54, 1.807) is 17.3 Å². The van der Waals surface area contributed by atoms with Gasteiger partial charge in [0.1, 0.15) is 18.7 Å². The van der Waals surface area contributed by atoms with E-state index in [9.17, 15) is 9.59 Å². The minimum Gasteiger partial charge on any atom is -0.353 e. The molecule has 0 aliphatic carbocycles. The number of hydrogen-bond donors (Lipinski definition) is 0. The van der Waals surface area contributed by atoms with Crippen LogP contribution in [0.25, 0.3) is 11.3 Å². The van der Waals surface area contributed by atoms with E-state index in [0.717, 1.165) is 17.1 Å². The largest absolute Gasteiger partial charge is 0.353 e. The van der Waals surface area contributed by atoms with Crippen molar-refractivity contribution in [3.8, 4) is 11.3 Å². The first-order valence-electron chi connectivity index (χ1n) is 9.13. The van der Waals surface area contributed by atoms with Crippen LogP contribution in [0.5, 0.6) is 0 Å². The fraction of sp³-hybridized carbons (Fsp3) is 0.250. The molecule has 3 aromatic rings. The summed E-state index contributed by atoms with van der Waals surface area (Å²) in [4.78, 5) is 36.9. The van der Waals surface area contributed by atoms with E-state index in [2.05, 4.69) is 20.0 Å². The Balaban J connectivity index is 1.40. The molecule has 1 aliphatic rings. The molecule has 3 heterocycles. The van der Waals surface area contributed by atoms with E-state index in [1.807, 2.05) is 36.4 Å². The second-order valence-electron chi connectivity index (χ2n) is 6.51. The molecule has 2 aromatic heterocycles. The Bertz CT molecular complexity index is 1010. The van der Waals surface area contributed by atoms with Gasteiger partial charge in [-0.1, -0.05) is 30.3 Å². The summed E-state index contributed by atoms with van der Waals surface area (Å²) in [5.74, 6) is 0.745. The molecule has 1 aromatic carbocycles. The Hall–Kier alpha value is -3.55. The van der Waals surface area contributed by atoms with E-state index in [4.69, 9.17) is 0 Å². The van der Waals surface area contributed by atoms with Crippen LogP contribution in [0.15, 0.2) is 65.8 Å². The summed E-state index contributed by atoms with van der Waals surface area (Å²) < 4.78 is 1.19. The van der Waals surface area contributed by atoms with E-state index in [-0.39, 0.29) is 18.0 Å². The number of anilines is 1. The number of nitrogens with zero attached hydrogens (tertiary/aromatic N) is 6. The molecule has 0 bridgehead atoms. The Kier molecular flexibility index (Phi) is 5.09. The normalized spacial score (nSPS) is 14.1. The molecule has 0 unspecified atom stereocenters. The summed E-state index contributed by atoms with van der Waals surface area (Å²) in [5, 5.41) is 3.94. The lowest BCUT2D eigenvalue weighted by atomic mass is 10.1. The van der Waals surface area contributed by atoms with Gasteiger partial charge in [-0.25, -0.2) is 14.6 Å². The maximum Gasteiger partial charge on any atom is 0.267 e. The van der Waals surface area contributed by atoms with Crippen molar-refractivity contribution in [2.24, 2.45) is 0 Å². The fourth-order valence-corrected chi connectivity index (χ4v) is 3.21. The molecule has 8 heteroatoms. The highest BCUT2D eigenvalue weighted by Gasteiger charge is 2.22. The van der Waals surface area contributed by atoms with Crippen LogP contribution in [0.3, 0.4) is 0 Å². The second-order valence-corrected chi connectivity index (χ2v) is 6.51. The molecule has 0 saturated carbocycles. The van der Waals surface area contributed by atoms with Crippen LogP contribution in [-0.2, 0) is 11.3 Å². The van der Waals surface area contributed by atoms with Crippen molar-refractivity contribution in [1.82, 2.24) is 24.6 Å². The molecule has 1 fully saturated rings. The zero-order valence-electron chi connectivity index (χ0n) is 15.3. The van der Waals surface area contributed by atoms with Crippen molar-refractivity contribution in [3.05, 3.63) is 71.4 Å². The van der Waals surface area contributed by atoms with Crippen LogP contribution in [-0.4, -0.2) is 56.7 Å². The summed E-state index contributed by atoms with van der Waals surface area (Å²) in [6.07, 6.45) is 3.08. The molecule has 142 valence electrons. The number of carbonyl (C=O) groups excluding carboxylic acids is 1. The van der Waals surface area contributed by atoms with Crippen LogP contribution in [0, 0.1) is 0 Å². The van der Waals surface area contributed by atoms with Crippen molar-refractivity contribution in [3.63, 3.8) is 0 Å². The number of hydrogen-bond acceptors (Lipinski definition) is 6. The summed E-state index contributed by atoms with van der Waals surface area (Å²) >= 11 is 0. The van der Waals surface area contributed by atoms with E-state index in [1.165, 1.54) is 16.9 Å². The third-order valence-corrected chi connectivity index (χ3v) is 4.75. The number of piperazine rings is 1. The van der Waals surface area contributed by atoms with Gasteiger partial charge in [0.05, 0.1) is 5.69 Å². The Morgan fingerprint density at radius 3 is 2.50 bits per heavy atom. The van der Waals surface area contributed by atoms with E-state index in [0.29, 0.717) is 26.2 Å². The predicted molar refractivity (Wildman–Crippen MR) is 105 cm³/mol. The molecule has 4 rings (SSSR count).